The predicted molar refractivity (Wildman–Crippen MR) is 108 cm³/mol. The van der Waals surface area contributed by atoms with Crippen molar-refractivity contribution in [3.63, 3.8) is 0 Å². The van der Waals surface area contributed by atoms with Crippen LogP contribution in [0.1, 0.15) is 31.0 Å². The highest BCUT2D eigenvalue weighted by molar-refractivity contribution is 5.77. The highest BCUT2D eigenvalue weighted by atomic mass is 16.2. The van der Waals surface area contributed by atoms with Crippen molar-refractivity contribution in [3.8, 4) is 0 Å². The number of carbonyl (C=O) groups excluding carboxylic acids is 1. The van der Waals surface area contributed by atoms with E-state index < -0.39 is 0 Å². The summed E-state index contributed by atoms with van der Waals surface area (Å²) >= 11 is 0. The van der Waals surface area contributed by atoms with Crippen molar-refractivity contribution in [2.24, 2.45) is 0 Å². The Bertz CT molecular complexity index is 980. The molecular weight excluding hydrogens is 338 g/mol. The van der Waals surface area contributed by atoms with Gasteiger partial charge in [-0.3, -0.25) is 9.59 Å². The number of nitrogens with one attached hydrogen (secondary N) is 1. The van der Waals surface area contributed by atoms with Crippen molar-refractivity contribution in [1.29, 1.82) is 0 Å². The zero-order chi connectivity index (χ0) is 19.2. The summed E-state index contributed by atoms with van der Waals surface area (Å²) in [6.45, 7) is 4.07. The molecule has 1 heterocycles. The fraction of sp³-hybridized carbons (Fsp3) is 0.318. The van der Waals surface area contributed by atoms with Crippen molar-refractivity contribution in [3.05, 3.63) is 76.2 Å². The average Bonchev–Trinajstić information content (AvgIpc) is 2.67. The van der Waals surface area contributed by atoms with Crippen LogP contribution >= 0.6 is 0 Å². The van der Waals surface area contributed by atoms with E-state index in [1.54, 1.807) is 11.5 Å². The summed E-state index contributed by atoms with van der Waals surface area (Å²) in [4.78, 5) is 29.1. The van der Waals surface area contributed by atoms with Gasteiger partial charge in [0.25, 0.3) is 5.56 Å². The number of para-hydroxylation sites is 2. The molecular formula is C22H25N3O2. The highest BCUT2D eigenvalue weighted by Crippen LogP contribution is 2.10. The molecule has 3 aromatic rings. The van der Waals surface area contributed by atoms with Crippen LogP contribution in [0.25, 0.3) is 11.0 Å². The Balaban J connectivity index is 1.58. The van der Waals surface area contributed by atoms with Crippen LogP contribution in [0.15, 0.2) is 59.4 Å². The number of aromatic nitrogens is 2. The van der Waals surface area contributed by atoms with Gasteiger partial charge in [-0.25, -0.2) is 4.98 Å². The summed E-state index contributed by atoms with van der Waals surface area (Å²) in [5.41, 5.74) is 3.11. The Hall–Kier alpha value is -2.95. The lowest BCUT2D eigenvalue weighted by atomic mass is 10.1. The van der Waals surface area contributed by atoms with Gasteiger partial charge in [0.05, 0.1) is 11.0 Å². The zero-order valence-electron chi connectivity index (χ0n) is 15.8. The van der Waals surface area contributed by atoms with Crippen LogP contribution in [-0.4, -0.2) is 21.5 Å². The van der Waals surface area contributed by atoms with Gasteiger partial charge < -0.3 is 9.88 Å². The monoisotopic (exact) mass is 363 g/mol. The van der Waals surface area contributed by atoms with E-state index in [-0.39, 0.29) is 23.9 Å². The molecule has 1 N–H and O–H groups in total. The van der Waals surface area contributed by atoms with E-state index in [1.807, 2.05) is 49.4 Å². The minimum absolute atomic E-state index is 0.0407. The van der Waals surface area contributed by atoms with Gasteiger partial charge in [-0.05, 0) is 44.4 Å². The summed E-state index contributed by atoms with van der Waals surface area (Å²) in [7, 11) is 0. The third-order valence-corrected chi connectivity index (χ3v) is 4.69. The van der Waals surface area contributed by atoms with E-state index in [0.717, 1.165) is 23.9 Å². The lowest BCUT2D eigenvalue weighted by Crippen LogP contribution is -2.34. The number of hydrogen-bond donors (Lipinski definition) is 1. The lowest BCUT2D eigenvalue weighted by Gasteiger charge is -2.15. The third-order valence-electron chi connectivity index (χ3n) is 4.69. The number of rotatable bonds is 7. The van der Waals surface area contributed by atoms with Gasteiger partial charge in [-0.15, -0.1) is 0 Å². The zero-order valence-corrected chi connectivity index (χ0v) is 15.8. The first-order valence-electron chi connectivity index (χ1n) is 9.34. The molecule has 0 spiro atoms. The summed E-state index contributed by atoms with van der Waals surface area (Å²) in [6, 6.07) is 17.8. The molecule has 5 nitrogen and oxygen atoms in total. The van der Waals surface area contributed by atoms with Gasteiger partial charge in [0.15, 0.2) is 0 Å². The fourth-order valence-electron chi connectivity index (χ4n) is 3.20. The topological polar surface area (TPSA) is 64.0 Å². The number of aryl methyl sites for hydroxylation is 3. The Labute approximate surface area is 159 Å². The van der Waals surface area contributed by atoms with E-state index in [2.05, 4.69) is 22.4 Å². The van der Waals surface area contributed by atoms with Crippen LogP contribution < -0.4 is 10.9 Å². The number of nitrogens with zero attached hydrogens (tertiary/aromatic N) is 2. The maximum absolute atomic E-state index is 12.4. The number of hydrogen-bond acceptors (Lipinski definition) is 3. The van der Waals surface area contributed by atoms with Crippen LogP contribution in [-0.2, 0) is 17.8 Å². The van der Waals surface area contributed by atoms with Crippen LogP contribution in [0, 0.1) is 6.92 Å². The minimum Gasteiger partial charge on any atom is -0.354 e. The molecule has 5 heteroatoms. The van der Waals surface area contributed by atoms with Gasteiger partial charge in [0, 0.05) is 19.0 Å². The van der Waals surface area contributed by atoms with Gasteiger partial charge in [0.1, 0.15) is 5.69 Å². The second-order valence-corrected chi connectivity index (χ2v) is 6.89. The van der Waals surface area contributed by atoms with Gasteiger partial charge in [-0.1, -0.05) is 42.5 Å². The molecule has 0 fully saturated rings. The molecule has 3 rings (SSSR count). The Morgan fingerprint density at radius 3 is 2.59 bits per heavy atom. The Morgan fingerprint density at radius 1 is 1.11 bits per heavy atom. The second kappa shape index (κ2) is 8.62. The first kappa shape index (κ1) is 18.8. The molecule has 27 heavy (non-hydrogen) atoms. The van der Waals surface area contributed by atoms with Crippen molar-refractivity contribution in [2.75, 3.05) is 0 Å². The average molecular weight is 363 g/mol. The molecule has 0 aliphatic heterocycles. The third kappa shape index (κ3) is 4.82. The first-order valence-corrected chi connectivity index (χ1v) is 9.34. The molecule has 1 atom stereocenters. The number of fused-ring (bicyclic) bond motifs is 1. The summed E-state index contributed by atoms with van der Waals surface area (Å²) in [5, 5.41) is 3.03. The second-order valence-electron chi connectivity index (χ2n) is 6.89. The molecule has 0 aliphatic carbocycles. The number of benzene rings is 2. The maximum atomic E-state index is 12.4. The predicted octanol–water partition coefficient (Wildman–Crippen LogP) is 3.23. The molecule has 1 amide bonds. The van der Waals surface area contributed by atoms with E-state index in [1.165, 1.54) is 5.56 Å². The van der Waals surface area contributed by atoms with Crippen molar-refractivity contribution in [2.45, 2.75) is 45.7 Å². The van der Waals surface area contributed by atoms with Crippen molar-refractivity contribution >= 4 is 16.9 Å². The normalized spacial score (nSPS) is 12.1. The summed E-state index contributed by atoms with van der Waals surface area (Å²) in [5.74, 6) is -0.0407. The smallest absolute Gasteiger partial charge is 0.272 e. The Morgan fingerprint density at radius 2 is 1.81 bits per heavy atom. The maximum Gasteiger partial charge on any atom is 0.272 e. The standard InChI is InChI=1S/C22H25N3O2/c1-16(12-13-18-8-4-3-5-9-18)23-21(26)14-15-25-20-11-7-6-10-19(20)24-17(2)22(25)27/h3-11,16H,12-15H2,1-2H3,(H,23,26)/t16-/m1/s1. The van der Waals surface area contributed by atoms with E-state index in [9.17, 15) is 9.59 Å². The molecule has 0 saturated carbocycles. The SMILES string of the molecule is Cc1nc2ccccc2n(CCC(=O)N[C@H](C)CCc2ccccc2)c1=O. The van der Waals surface area contributed by atoms with Crippen LogP contribution in [0.3, 0.4) is 0 Å². The van der Waals surface area contributed by atoms with Crippen molar-refractivity contribution < 1.29 is 4.79 Å². The largest absolute Gasteiger partial charge is 0.354 e. The lowest BCUT2D eigenvalue weighted by molar-refractivity contribution is -0.121. The first-order chi connectivity index (χ1) is 13.0. The summed E-state index contributed by atoms with van der Waals surface area (Å²) in [6.07, 6.45) is 2.08. The molecule has 2 aromatic carbocycles. The molecule has 0 unspecified atom stereocenters. The molecule has 1 aromatic heterocycles. The van der Waals surface area contributed by atoms with Gasteiger partial charge in [0.2, 0.25) is 5.91 Å². The van der Waals surface area contributed by atoms with Crippen LogP contribution in [0.4, 0.5) is 0 Å². The van der Waals surface area contributed by atoms with E-state index >= 15 is 0 Å². The number of amides is 1. The fourth-order valence-corrected chi connectivity index (χ4v) is 3.20. The van der Waals surface area contributed by atoms with Gasteiger partial charge in [-0.2, -0.15) is 0 Å². The van der Waals surface area contributed by atoms with E-state index in [4.69, 9.17) is 0 Å². The quantitative estimate of drug-likeness (QED) is 0.701. The van der Waals surface area contributed by atoms with Crippen LogP contribution in [0.2, 0.25) is 0 Å². The molecule has 0 bridgehead atoms. The molecule has 140 valence electrons. The number of carbonyl (C=O) groups is 1. The van der Waals surface area contributed by atoms with E-state index in [0.29, 0.717) is 12.2 Å². The molecule has 0 radical (unpaired) electrons. The Kier molecular flexibility index (Phi) is 6.01. The molecule has 0 saturated heterocycles. The van der Waals surface area contributed by atoms with Crippen molar-refractivity contribution in [1.82, 2.24) is 14.9 Å². The minimum atomic E-state index is -0.140. The summed E-state index contributed by atoms with van der Waals surface area (Å²) < 4.78 is 1.64. The van der Waals surface area contributed by atoms with Gasteiger partial charge >= 0.3 is 0 Å². The molecule has 0 aliphatic rings. The van der Waals surface area contributed by atoms with Crippen LogP contribution in [0.5, 0.6) is 0 Å². The highest BCUT2D eigenvalue weighted by Gasteiger charge is 2.11.